The SMILES string of the molecule is Cc1[nH]nc2c1C(c1ccccc1Br)C1=CCC(C)(C)CC1N2. The standard InChI is InChI=1S/C19H22BrN3/c1-11-16-17(12-6-4-5-7-14(12)20)13-8-9-19(2,3)10-15(13)21-18(16)23-22-11/h4-8,15,17H,9-10H2,1-3H3,(H2,21,22,23). The largest absolute Gasteiger partial charge is 0.362 e. The predicted octanol–water partition coefficient (Wildman–Crippen LogP) is 5.15. The lowest BCUT2D eigenvalue weighted by Gasteiger charge is -2.42. The molecule has 2 heterocycles. The van der Waals surface area contributed by atoms with E-state index in [9.17, 15) is 0 Å². The lowest BCUT2D eigenvalue weighted by Crippen LogP contribution is -2.38. The molecular weight excluding hydrogens is 350 g/mol. The van der Waals surface area contributed by atoms with E-state index in [1.165, 1.54) is 21.2 Å². The molecule has 2 aliphatic rings. The summed E-state index contributed by atoms with van der Waals surface area (Å²) in [5.74, 6) is 1.30. The maximum atomic E-state index is 4.52. The molecule has 120 valence electrons. The molecule has 1 aromatic carbocycles. The topological polar surface area (TPSA) is 40.7 Å². The van der Waals surface area contributed by atoms with Gasteiger partial charge in [0.2, 0.25) is 0 Å². The monoisotopic (exact) mass is 371 g/mol. The van der Waals surface area contributed by atoms with Crippen LogP contribution in [-0.4, -0.2) is 16.2 Å². The van der Waals surface area contributed by atoms with Crippen LogP contribution in [0.5, 0.6) is 0 Å². The van der Waals surface area contributed by atoms with E-state index >= 15 is 0 Å². The van der Waals surface area contributed by atoms with Crippen molar-refractivity contribution in [2.24, 2.45) is 5.41 Å². The van der Waals surface area contributed by atoms with Gasteiger partial charge in [0.1, 0.15) is 0 Å². The van der Waals surface area contributed by atoms with Gasteiger partial charge in [0.05, 0.1) is 6.04 Å². The number of H-pyrrole nitrogens is 1. The zero-order valence-corrected chi connectivity index (χ0v) is 15.4. The molecule has 3 nitrogen and oxygen atoms in total. The van der Waals surface area contributed by atoms with Crippen molar-refractivity contribution in [2.75, 3.05) is 5.32 Å². The first-order valence-electron chi connectivity index (χ1n) is 8.22. The zero-order valence-electron chi connectivity index (χ0n) is 13.8. The number of anilines is 1. The number of rotatable bonds is 1. The fraction of sp³-hybridized carbons (Fsp3) is 0.421. The van der Waals surface area contributed by atoms with E-state index in [-0.39, 0.29) is 5.92 Å². The van der Waals surface area contributed by atoms with E-state index in [2.05, 4.69) is 82.6 Å². The summed E-state index contributed by atoms with van der Waals surface area (Å²) in [5.41, 5.74) is 5.60. The molecule has 4 heteroatoms. The van der Waals surface area contributed by atoms with Gasteiger partial charge in [-0.05, 0) is 42.4 Å². The minimum Gasteiger partial charge on any atom is -0.362 e. The van der Waals surface area contributed by atoms with E-state index in [1.807, 2.05) is 0 Å². The summed E-state index contributed by atoms with van der Waals surface area (Å²) in [6, 6.07) is 8.93. The summed E-state index contributed by atoms with van der Waals surface area (Å²) in [5, 5.41) is 11.4. The molecule has 1 aliphatic carbocycles. The average molecular weight is 372 g/mol. The van der Waals surface area contributed by atoms with E-state index in [0.29, 0.717) is 11.5 Å². The first-order chi connectivity index (χ1) is 11.0. The van der Waals surface area contributed by atoms with Gasteiger partial charge in [-0.3, -0.25) is 5.10 Å². The molecule has 23 heavy (non-hydrogen) atoms. The molecular formula is C19H22BrN3. The van der Waals surface area contributed by atoms with Gasteiger partial charge in [-0.2, -0.15) is 5.10 Å². The number of nitrogens with one attached hydrogen (secondary N) is 2. The molecule has 2 unspecified atom stereocenters. The Bertz CT molecular complexity index is 788. The number of aromatic nitrogens is 2. The van der Waals surface area contributed by atoms with Crippen molar-refractivity contribution < 1.29 is 0 Å². The van der Waals surface area contributed by atoms with Crippen LogP contribution in [0.4, 0.5) is 5.82 Å². The van der Waals surface area contributed by atoms with Crippen molar-refractivity contribution in [3.05, 3.63) is 57.2 Å². The fourth-order valence-corrected chi connectivity index (χ4v) is 4.53. The summed E-state index contributed by atoms with van der Waals surface area (Å²) >= 11 is 3.76. The molecule has 0 amide bonds. The Morgan fingerprint density at radius 3 is 2.83 bits per heavy atom. The van der Waals surface area contributed by atoms with Crippen LogP contribution < -0.4 is 5.32 Å². The summed E-state index contributed by atoms with van der Waals surface area (Å²) < 4.78 is 1.17. The summed E-state index contributed by atoms with van der Waals surface area (Å²) in [4.78, 5) is 0. The van der Waals surface area contributed by atoms with Gasteiger partial charge in [0.15, 0.2) is 5.82 Å². The van der Waals surface area contributed by atoms with Crippen molar-refractivity contribution in [2.45, 2.75) is 45.6 Å². The van der Waals surface area contributed by atoms with E-state index in [4.69, 9.17) is 0 Å². The van der Waals surface area contributed by atoms with Gasteiger partial charge in [0.25, 0.3) is 0 Å². The Morgan fingerprint density at radius 2 is 2.04 bits per heavy atom. The maximum Gasteiger partial charge on any atom is 0.152 e. The number of fused-ring (bicyclic) bond motifs is 2. The number of hydrogen-bond donors (Lipinski definition) is 2. The minimum atomic E-state index is 0.279. The van der Waals surface area contributed by atoms with Crippen molar-refractivity contribution in [3.8, 4) is 0 Å². The number of nitrogens with zero attached hydrogens (tertiary/aromatic N) is 1. The third-order valence-corrected chi connectivity index (χ3v) is 5.92. The van der Waals surface area contributed by atoms with Crippen molar-refractivity contribution >= 4 is 21.7 Å². The maximum absolute atomic E-state index is 4.52. The third-order valence-electron chi connectivity index (χ3n) is 5.19. The van der Waals surface area contributed by atoms with Gasteiger partial charge in [-0.1, -0.05) is 54.1 Å². The van der Waals surface area contributed by atoms with Gasteiger partial charge in [-0.15, -0.1) is 0 Å². The molecule has 0 fully saturated rings. The molecule has 0 saturated heterocycles. The Labute approximate surface area is 145 Å². The lowest BCUT2D eigenvalue weighted by atomic mass is 9.68. The molecule has 2 N–H and O–H groups in total. The second-order valence-electron chi connectivity index (χ2n) is 7.54. The van der Waals surface area contributed by atoms with Crippen LogP contribution in [0.3, 0.4) is 0 Å². The number of aryl methyl sites for hydroxylation is 1. The van der Waals surface area contributed by atoms with E-state index < -0.39 is 0 Å². The van der Waals surface area contributed by atoms with Crippen LogP contribution in [0.1, 0.15) is 49.4 Å². The highest BCUT2D eigenvalue weighted by Crippen LogP contribution is 2.49. The van der Waals surface area contributed by atoms with Crippen LogP contribution in [0.15, 0.2) is 40.4 Å². The Kier molecular flexibility index (Phi) is 3.41. The minimum absolute atomic E-state index is 0.279. The first-order valence-corrected chi connectivity index (χ1v) is 9.01. The average Bonchev–Trinajstić information content (AvgIpc) is 2.86. The normalized spacial score (nSPS) is 25.1. The smallest absolute Gasteiger partial charge is 0.152 e. The van der Waals surface area contributed by atoms with E-state index in [0.717, 1.165) is 24.4 Å². The van der Waals surface area contributed by atoms with Gasteiger partial charge < -0.3 is 5.32 Å². The van der Waals surface area contributed by atoms with E-state index in [1.54, 1.807) is 0 Å². The van der Waals surface area contributed by atoms with Crippen molar-refractivity contribution in [3.63, 3.8) is 0 Å². The molecule has 0 radical (unpaired) electrons. The molecule has 2 aromatic rings. The van der Waals surface area contributed by atoms with Gasteiger partial charge >= 0.3 is 0 Å². The highest BCUT2D eigenvalue weighted by Gasteiger charge is 2.40. The third kappa shape index (κ3) is 2.44. The Hall–Kier alpha value is -1.55. The lowest BCUT2D eigenvalue weighted by molar-refractivity contribution is 0.305. The van der Waals surface area contributed by atoms with Crippen molar-refractivity contribution in [1.29, 1.82) is 0 Å². The van der Waals surface area contributed by atoms with Crippen molar-refractivity contribution in [1.82, 2.24) is 10.2 Å². The molecule has 0 bridgehead atoms. The number of hydrogen-bond acceptors (Lipinski definition) is 2. The second kappa shape index (κ2) is 5.23. The highest BCUT2D eigenvalue weighted by molar-refractivity contribution is 9.10. The number of benzene rings is 1. The first kappa shape index (κ1) is 15.0. The number of halogens is 1. The molecule has 4 rings (SSSR count). The van der Waals surface area contributed by atoms with Crippen LogP contribution in [-0.2, 0) is 0 Å². The fourth-order valence-electron chi connectivity index (χ4n) is 4.02. The second-order valence-corrected chi connectivity index (χ2v) is 8.39. The molecule has 0 spiro atoms. The zero-order chi connectivity index (χ0) is 16.2. The van der Waals surface area contributed by atoms with Crippen LogP contribution in [0, 0.1) is 12.3 Å². The Morgan fingerprint density at radius 1 is 1.26 bits per heavy atom. The summed E-state index contributed by atoms with van der Waals surface area (Å²) in [6.07, 6.45) is 4.74. The van der Waals surface area contributed by atoms with Gasteiger partial charge in [0, 0.05) is 21.6 Å². The van der Waals surface area contributed by atoms with Crippen LogP contribution >= 0.6 is 15.9 Å². The molecule has 0 saturated carbocycles. The predicted molar refractivity (Wildman–Crippen MR) is 97.8 cm³/mol. The summed E-state index contributed by atoms with van der Waals surface area (Å²) in [7, 11) is 0. The summed E-state index contributed by atoms with van der Waals surface area (Å²) in [6.45, 7) is 6.81. The number of aromatic amines is 1. The van der Waals surface area contributed by atoms with Gasteiger partial charge in [-0.25, -0.2) is 0 Å². The molecule has 2 atom stereocenters. The van der Waals surface area contributed by atoms with Crippen LogP contribution in [0.2, 0.25) is 0 Å². The molecule has 1 aromatic heterocycles. The molecule has 1 aliphatic heterocycles. The van der Waals surface area contributed by atoms with Crippen LogP contribution in [0.25, 0.3) is 0 Å². The highest BCUT2D eigenvalue weighted by atomic mass is 79.9. The Balaban J connectivity index is 1.91. The quantitative estimate of drug-likeness (QED) is 0.680. The number of allylic oxidation sites excluding steroid dienone is 1.